The molecule has 45 heavy (non-hydrogen) atoms. The summed E-state index contributed by atoms with van der Waals surface area (Å²) >= 11 is 0. The number of esters is 4. The molecule has 246 valence electrons. The van der Waals surface area contributed by atoms with Gasteiger partial charge in [-0.25, -0.2) is 4.79 Å². The smallest absolute Gasteiger partial charge is 0.338 e. The molecule has 0 aromatic heterocycles. The molecule has 0 bridgehead atoms. The van der Waals surface area contributed by atoms with Gasteiger partial charge in [-0.1, -0.05) is 25.1 Å². The van der Waals surface area contributed by atoms with Crippen molar-refractivity contribution in [2.75, 3.05) is 6.61 Å². The summed E-state index contributed by atoms with van der Waals surface area (Å²) in [6.07, 6.45) is -7.93. The predicted octanol–water partition coefficient (Wildman–Crippen LogP) is 2.02. The maximum Gasteiger partial charge on any atom is 0.338 e. The molecular formula is C33H42O12. The third kappa shape index (κ3) is 4.88. The molecule has 3 fully saturated rings. The minimum atomic E-state index is -1.82. The molecule has 3 N–H and O–H groups in total. The topological polar surface area (TPSA) is 175 Å². The lowest BCUT2D eigenvalue weighted by atomic mass is 9.49. The number of carbonyl (C=O) groups is 4. The number of aliphatic hydroxyl groups excluding tert-OH is 2. The van der Waals surface area contributed by atoms with Gasteiger partial charge in [0.1, 0.15) is 24.4 Å². The van der Waals surface area contributed by atoms with Crippen molar-refractivity contribution in [3.05, 3.63) is 47.0 Å². The SMILES string of the molecule is CC(=O)O[C@H]1C[C@]2(C(C)(C)O)C(=C1C)[C@@H](OC(C)=O)[C@H](O)[C@@]1(C)[C@H]([C@@H]2OC(=O)c2ccccc2)[C@]2(OC(C)=O)CO[C@@H]2C[C@@H]1O. The van der Waals surface area contributed by atoms with Crippen molar-refractivity contribution in [3.63, 3.8) is 0 Å². The van der Waals surface area contributed by atoms with Crippen LogP contribution in [0.15, 0.2) is 41.5 Å². The Morgan fingerprint density at radius 3 is 2.09 bits per heavy atom. The molecule has 0 spiro atoms. The molecule has 2 saturated carbocycles. The van der Waals surface area contributed by atoms with E-state index in [2.05, 4.69) is 0 Å². The van der Waals surface area contributed by atoms with Crippen LogP contribution in [-0.2, 0) is 38.1 Å². The quantitative estimate of drug-likeness (QED) is 0.237. The van der Waals surface area contributed by atoms with Gasteiger partial charge in [-0.3, -0.25) is 14.4 Å². The maximum atomic E-state index is 14.0. The Labute approximate surface area is 261 Å². The molecule has 0 amide bonds. The van der Waals surface area contributed by atoms with E-state index in [0.29, 0.717) is 5.57 Å². The van der Waals surface area contributed by atoms with E-state index >= 15 is 0 Å². The van der Waals surface area contributed by atoms with Gasteiger partial charge < -0.3 is 39.0 Å². The van der Waals surface area contributed by atoms with Crippen molar-refractivity contribution in [3.8, 4) is 0 Å². The summed E-state index contributed by atoms with van der Waals surface area (Å²) in [6, 6.07) is 8.14. The third-order valence-electron chi connectivity index (χ3n) is 10.6. The van der Waals surface area contributed by atoms with E-state index in [1.807, 2.05) is 0 Å². The zero-order valence-electron chi connectivity index (χ0n) is 26.6. The lowest BCUT2D eigenvalue weighted by molar-refractivity contribution is -0.351. The summed E-state index contributed by atoms with van der Waals surface area (Å²) < 4.78 is 29.9. The van der Waals surface area contributed by atoms with Gasteiger partial charge >= 0.3 is 23.9 Å². The fourth-order valence-electron chi connectivity index (χ4n) is 8.59. The molecule has 3 aliphatic carbocycles. The van der Waals surface area contributed by atoms with Crippen molar-refractivity contribution < 1.29 is 58.2 Å². The number of aliphatic hydroxyl groups is 3. The van der Waals surface area contributed by atoms with Crippen LogP contribution in [0.1, 0.15) is 71.7 Å². The minimum absolute atomic E-state index is 0.0485. The second kappa shape index (κ2) is 11.2. The van der Waals surface area contributed by atoms with E-state index in [1.165, 1.54) is 27.7 Å². The average molecular weight is 631 g/mol. The lowest BCUT2D eigenvalue weighted by Gasteiger charge is -2.65. The first-order valence-electron chi connectivity index (χ1n) is 15.1. The summed E-state index contributed by atoms with van der Waals surface area (Å²) in [5.74, 6) is -4.05. The first-order chi connectivity index (χ1) is 20.9. The van der Waals surface area contributed by atoms with Crippen LogP contribution in [0.2, 0.25) is 0 Å². The monoisotopic (exact) mass is 630 g/mol. The number of rotatable bonds is 6. The third-order valence-corrected chi connectivity index (χ3v) is 10.6. The van der Waals surface area contributed by atoms with Gasteiger partial charge in [-0.15, -0.1) is 0 Å². The van der Waals surface area contributed by atoms with Crippen molar-refractivity contribution in [1.82, 2.24) is 0 Å². The normalized spacial score (nSPS) is 38.8. The molecule has 12 heteroatoms. The molecule has 12 nitrogen and oxygen atoms in total. The molecule has 5 rings (SSSR count). The highest BCUT2D eigenvalue weighted by Crippen LogP contribution is 2.68. The standard InChI is InChI=1S/C33H42O12/c1-16-21(42-17(2)34)14-32(30(5,6)40)24(16)25(43-18(3)35)27(38)31(7)22(37)13-23-33(15-41-23,45-19(4)36)26(31)28(32)44-29(39)20-11-9-8-10-12-20/h8-12,21-23,25-28,37-38,40H,13-15H2,1-7H3/t21-,22-,23+,25+,26-,27-,28-,31+,32-,33-/m0/s1. The van der Waals surface area contributed by atoms with Gasteiger partial charge in [0.25, 0.3) is 0 Å². The molecule has 0 radical (unpaired) electrons. The van der Waals surface area contributed by atoms with Gasteiger partial charge in [0.2, 0.25) is 0 Å². The molecule has 0 unspecified atom stereocenters. The van der Waals surface area contributed by atoms with Crippen LogP contribution in [0.5, 0.6) is 0 Å². The van der Waals surface area contributed by atoms with Gasteiger partial charge in [0.05, 0.1) is 35.2 Å². The average Bonchev–Trinajstić information content (AvgIpc) is 3.20. The number of carbonyl (C=O) groups excluding carboxylic acids is 4. The Hall–Kier alpha value is -3.32. The molecule has 4 aliphatic rings. The molecule has 1 aromatic carbocycles. The summed E-state index contributed by atoms with van der Waals surface area (Å²) in [7, 11) is 0. The van der Waals surface area contributed by atoms with Gasteiger partial charge in [0.15, 0.2) is 11.7 Å². The number of benzene rings is 1. The Morgan fingerprint density at radius 1 is 0.956 bits per heavy atom. The number of fused-ring (bicyclic) bond motifs is 4. The fourth-order valence-corrected chi connectivity index (χ4v) is 8.59. The minimum Gasteiger partial charge on any atom is -0.458 e. The highest BCUT2D eigenvalue weighted by molar-refractivity contribution is 5.89. The summed E-state index contributed by atoms with van der Waals surface area (Å²) in [4.78, 5) is 51.7. The Morgan fingerprint density at radius 2 is 1.58 bits per heavy atom. The molecule has 1 heterocycles. The first-order valence-corrected chi connectivity index (χ1v) is 15.1. The van der Waals surface area contributed by atoms with Crippen LogP contribution in [-0.4, -0.2) is 93.6 Å². The first kappa shape index (κ1) is 33.1. The van der Waals surface area contributed by atoms with Crippen LogP contribution in [0.25, 0.3) is 0 Å². The molecule has 1 saturated heterocycles. The second-order valence-electron chi connectivity index (χ2n) is 13.5. The maximum absolute atomic E-state index is 14.0. The Balaban J connectivity index is 1.89. The Kier molecular flexibility index (Phi) is 8.21. The van der Waals surface area contributed by atoms with Crippen molar-refractivity contribution in [1.29, 1.82) is 0 Å². The van der Waals surface area contributed by atoms with Gasteiger partial charge in [0, 0.05) is 39.0 Å². The van der Waals surface area contributed by atoms with E-state index < -0.39 is 88.5 Å². The predicted molar refractivity (Wildman–Crippen MR) is 155 cm³/mol. The number of hydrogen-bond acceptors (Lipinski definition) is 12. The fraction of sp³-hybridized carbons (Fsp3) is 0.636. The molecule has 1 aromatic rings. The van der Waals surface area contributed by atoms with Crippen molar-refractivity contribution >= 4 is 23.9 Å². The van der Waals surface area contributed by atoms with E-state index in [4.69, 9.17) is 23.7 Å². The van der Waals surface area contributed by atoms with Gasteiger partial charge in [-0.2, -0.15) is 0 Å². The number of hydrogen-bond donors (Lipinski definition) is 3. The van der Waals surface area contributed by atoms with Crippen molar-refractivity contribution in [2.24, 2.45) is 16.7 Å². The van der Waals surface area contributed by atoms with Crippen LogP contribution >= 0.6 is 0 Å². The lowest BCUT2D eigenvalue weighted by Crippen LogP contribution is -2.78. The van der Waals surface area contributed by atoms with Crippen LogP contribution in [0, 0.1) is 16.7 Å². The largest absolute Gasteiger partial charge is 0.458 e. The van der Waals surface area contributed by atoms with E-state index in [1.54, 1.807) is 44.2 Å². The van der Waals surface area contributed by atoms with Gasteiger partial charge in [-0.05, 0) is 44.1 Å². The zero-order valence-corrected chi connectivity index (χ0v) is 26.6. The van der Waals surface area contributed by atoms with E-state index in [0.717, 1.165) is 6.92 Å². The molecular weight excluding hydrogens is 588 g/mol. The molecule has 1 aliphatic heterocycles. The van der Waals surface area contributed by atoms with Crippen LogP contribution in [0.4, 0.5) is 0 Å². The highest BCUT2D eigenvalue weighted by atomic mass is 16.6. The van der Waals surface area contributed by atoms with E-state index in [9.17, 15) is 34.5 Å². The second-order valence-corrected chi connectivity index (χ2v) is 13.5. The van der Waals surface area contributed by atoms with Crippen LogP contribution < -0.4 is 0 Å². The summed E-state index contributed by atoms with van der Waals surface area (Å²) in [6.45, 7) is 9.67. The highest BCUT2D eigenvalue weighted by Gasteiger charge is 2.79. The Bertz CT molecular complexity index is 1410. The zero-order chi connectivity index (χ0) is 33.3. The summed E-state index contributed by atoms with van der Waals surface area (Å²) in [5.41, 5.74) is -5.94. The number of ether oxygens (including phenoxy) is 5. The summed E-state index contributed by atoms with van der Waals surface area (Å²) in [5, 5.41) is 36.5. The molecule has 10 atom stereocenters. The van der Waals surface area contributed by atoms with Crippen molar-refractivity contribution in [2.45, 2.75) is 109 Å². The van der Waals surface area contributed by atoms with E-state index in [-0.39, 0.29) is 30.6 Å². The van der Waals surface area contributed by atoms with Crippen LogP contribution in [0.3, 0.4) is 0 Å².